The maximum atomic E-state index is 10.9. The molecule has 2 rings (SSSR count). The molecule has 0 atom stereocenters. The molecule has 6 N–H and O–H groups in total. The lowest BCUT2D eigenvalue weighted by Crippen LogP contribution is -2.06. The van der Waals surface area contributed by atoms with Gasteiger partial charge in [-0.2, -0.15) is 0 Å². The molecule has 7 heteroatoms. The molecule has 0 unspecified atom stereocenters. The van der Waals surface area contributed by atoms with Crippen molar-refractivity contribution in [2.75, 3.05) is 16.8 Å². The number of aromatic nitrogens is 2. The van der Waals surface area contributed by atoms with Crippen LogP contribution in [0.1, 0.15) is 5.69 Å². The number of rotatable bonds is 3. The summed E-state index contributed by atoms with van der Waals surface area (Å²) in [6.45, 7) is 0.495. The fourth-order valence-electron chi connectivity index (χ4n) is 1.17. The fraction of sp³-hybridized carbons (Fsp3) is 0.111. The second-order valence-corrected chi connectivity index (χ2v) is 4.04. The first kappa shape index (κ1) is 10.5. The molecule has 0 bridgehead atoms. The molecule has 6 nitrogen and oxygen atoms in total. The van der Waals surface area contributed by atoms with Crippen molar-refractivity contribution in [3.8, 4) is 0 Å². The molecule has 16 heavy (non-hydrogen) atoms. The molecule has 0 amide bonds. The summed E-state index contributed by atoms with van der Waals surface area (Å²) in [5.41, 5.74) is 12.4. The van der Waals surface area contributed by atoms with E-state index in [-0.39, 0.29) is 4.87 Å². The second-order valence-electron chi connectivity index (χ2n) is 3.20. The van der Waals surface area contributed by atoms with Crippen molar-refractivity contribution >= 4 is 28.7 Å². The van der Waals surface area contributed by atoms with E-state index in [9.17, 15) is 4.79 Å². The molecule has 84 valence electrons. The number of nitrogens with zero attached hydrogens (tertiary/aromatic N) is 1. The highest BCUT2D eigenvalue weighted by Crippen LogP contribution is 2.14. The Labute approximate surface area is 95.3 Å². The van der Waals surface area contributed by atoms with Crippen molar-refractivity contribution in [1.82, 2.24) is 9.97 Å². The van der Waals surface area contributed by atoms with Gasteiger partial charge in [-0.25, -0.2) is 4.98 Å². The largest absolute Gasteiger partial charge is 0.396 e. The highest BCUT2D eigenvalue weighted by molar-refractivity contribution is 7.07. The van der Waals surface area contributed by atoms with Crippen molar-refractivity contribution in [2.24, 2.45) is 0 Å². The van der Waals surface area contributed by atoms with E-state index in [1.807, 2.05) is 0 Å². The molecule has 0 aromatic carbocycles. The van der Waals surface area contributed by atoms with Crippen molar-refractivity contribution in [2.45, 2.75) is 6.54 Å². The third-order valence-electron chi connectivity index (χ3n) is 1.99. The van der Waals surface area contributed by atoms with Crippen molar-refractivity contribution < 1.29 is 0 Å². The van der Waals surface area contributed by atoms with Crippen LogP contribution in [0, 0.1) is 0 Å². The van der Waals surface area contributed by atoms with Crippen molar-refractivity contribution in [3.63, 3.8) is 0 Å². The Bertz CT molecular complexity index is 547. The normalized spacial score (nSPS) is 10.2. The zero-order valence-corrected chi connectivity index (χ0v) is 9.17. The minimum Gasteiger partial charge on any atom is -0.396 e. The molecule has 0 saturated heterocycles. The summed E-state index contributed by atoms with van der Waals surface area (Å²) in [5.74, 6) is 0.919. The third kappa shape index (κ3) is 2.31. The van der Waals surface area contributed by atoms with Crippen LogP contribution in [0.25, 0.3) is 0 Å². The first-order valence-corrected chi connectivity index (χ1v) is 5.45. The number of H-pyrrole nitrogens is 1. The van der Waals surface area contributed by atoms with Gasteiger partial charge in [0.05, 0.1) is 12.2 Å². The summed E-state index contributed by atoms with van der Waals surface area (Å²) in [5, 5.41) is 4.79. The Morgan fingerprint density at radius 3 is 2.88 bits per heavy atom. The van der Waals surface area contributed by atoms with Gasteiger partial charge in [0.25, 0.3) is 0 Å². The van der Waals surface area contributed by atoms with Gasteiger partial charge in [0.2, 0.25) is 0 Å². The van der Waals surface area contributed by atoms with E-state index in [0.717, 1.165) is 17.0 Å². The number of aromatic amines is 1. The van der Waals surface area contributed by atoms with Crippen LogP contribution in [0.15, 0.2) is 22.3 Å². The summed E-state index contributed by atoms with van der Waals surface area (Å²) in [6, 6.07) is 3.41. The predicted octanol–water partition coefficient (Wildman–Crippen LogP) is 0.608. The summed E-state index contributed by atoms with van der Waals surface area (Å²) < 4.78 is 0. The lowest BCUT2D eigenvalue weighted by atomic mass is 10.4. The minimum atomic E-state index is -0.0680. The predicted molar refractivity (Wildman–Crippen MR) is 65.3 cm³/mol. The Hall–Kier alpha value is -2.02. The Morgan fingerprint density at radius 2 is 2.25 bits per heavy atom. The highest BCUT2D eigenvalue weighted by atomic mass is 32.1. The summed E-state index contributed by atoms with van der Waals surface area (Å²) >= 11 is 1.13. The van der Waals surface area contributed by atoms with Crippen molar-refractivity contribution in [3.05, 3.63) is 32.9 Å². The van der Waals surface area contributed by atoms with E-state index in [1.54, 1.807) is 17.5 Å². The lowest BCUT2D eigenvalue weighted by Gasteiger charge is -2.05. The fourth-order valence-corrected chi connectivity index (χ4v) is 1.75. The average Bonchev–Trinajstić information content (AvgIpc) is 2.66. The van der Waals surface area contributed by atoms with E-state index < -0.39 is 0 Å². The number of nitrogens with two attached hydrogens (primary N) is 2. The molecule has 0 aliphatic heterocycles. The molecule has 0 radical (unpaired) electrons. The van der Waals surface area contributed by atoms with Crippen LogP contribution in [0.5, 0.6) is 0 Å². The minimum absolute atomic E-state index is 0.0680. The zero-order chi connectivity index (χ0) is 11.5. The van der Waals surface area contributed by atoms with Gasteiger partial charge in [-0.05, 0) is 12.1 Å². The molecule has 0 aliphatic rings. The summed E-state index contributed by atoms with van der Waals surface area (Å²) in [6.07, 6.45) is 0. The smallest absolute Gasteiger partial charge is 0.304 e. The van der Waals surface area contributed by atoms with E-state index in [0.29, 0.717) is 23.9 Å². The van der Waals surface area contributed by atoms with Crippen LogP contribution >= 0.6 is 11.3 Å². The lowest BCUT2D eigenvalue weighted by molar-refractivity contribution is 1.04. The maximum absolute atomic E-state index is 10.9. The number of nitrogens with one attached hydrogen (secondary N) is 2. The summed E-state index contributed by atoms with van der Waals surface area (Å²) in [4.78, 5) is 17.6. The molecule has 2 aromatic rings. The molecule has 2 heterocycles. The van der Waals surface area contributed by atoms with Crippen molar-refractivity contribution in [1.29, 1.82) is 0 Å². The van der Waals surface area contributed by atoms with Gasteiger partial charge < -0.3 is 21.8 Å². The summed E-state index contributed by atoms with van der Waals surface area (Å²) in [7, 11) is 0. The molecule has 0 fully saturated rings. The SMILES string of the molecule is Nc1ccc(NCc2csc(=O)[nH]2)nc1N. The van der Waals surface area contributed by atoms with Crippen LogP contribution in [0.4, 0.5) is 17.3 Å². The Morgan fingerprint density at radius 1 is 1.44 bits per heavy atom. The molecule has 2 aromatic heterocycles. The molecule has 0 saturated carbocycles. The molecular weight excluding hydrogens is 226 g/mol. The number of pyridine rings is 1. The van der Waals surface area contributed by atoms with Gasteiger partial charge in [0.1, 0.15) is 11.6 Å². The van der Waals surface area contributed by atoms with Crippen LogP contribution < -0.4 is 21.7 Å². The van der Waals surface area contributed by atoms with E-state index in [2.05, 4.69) is 15.3 Å². The topological polar surface area (TPSA) is 110 Å². The van der Waals surface area contributed by atoms with Crippen LogP contribution in [0.3, 0.4) is 0 Å². The maximum Gasteiger partial charge on any atom is 0.304 e. The van der Waals surface area contributed by atoms with E-state index in [1.165, 1.54) is 0 Å². The monoisotopic (exact) mass is 237 g/mol. The number of hydrogen-bond donors (Lipinski definition) is 4. The first-order valence-electron chi connectivity index (χ1n) is 4.57. The standard InChI is InChI=1S/C9H11N5OS/c10-6-1-2-7(14-8(6)11)12-3-5-4-16-9(15)13-5/h1-2,4H,3,10H2,(H,13,15)(H3,11,12,14). The number of nitrogen functional groups attached to an aromatic ring is 2. The number of hydrogen-bond acceptors (Lipinski definition) is 6. The molecule has 0 aliphatic carbocycles. The van der Waals surface area contributed by atoms with Crippen LogP contribution in [-0.2, 0) is 6.54 Å². The Balaban J connectivity index is 2.04. The van der Waals surface area contributed by atoms with E-state index >= 15 is 0 Å². The second kappa shape index (κ2) is 4.23. The number of thiazole rings is 1. The first-order chi connectivity index (χ1) is 7.65. The molecular formula is C9H11N5OS. The zero-order valence-electron chi connectivity index (χ0n) is 8.36. The number of anilines is 3. The van der Waals surface area contributed by atoms with Gasteiger partial charge in [0.15, 0.2) is 0 Å². The van der Waals surface area contributed by atoms with Gasteiger partial charge in [-0.15, -0.1) is 0 Å². The average molecular weight is 237 g/mol. The van der Waals surface area contributed by atoms with Gasteiger partial charge >= 0.3 is 4.87 Å². The van der Waals surface area contributed by atoms with Gasteiger partial charge in [-0.3, -0.25) is 4.79 Å². The Kier molecular flexibility index (Phi) is 2.78. The highest BCUT2D eigenvalue weighted by Gasteiger charge is 2.00. The van der Waals surface area contributed by atoms with Crippen LogP contribution in [0.2, 0.25) is 0 Å². The molecule has 0 spiro atoms. The third-order valence-corrected chi connectivity index (χ3v) is 2.71. The quantitative estimate of drug-likeness (QED) is 0.625. The van der Waals surface area contributed by atoms with E-state index in [4.69, 9.17) is 11.5 Å². The van der Waals surface area contributed by atoms with Gasteiger partial charge in [-0.1, -0.05) is 11.3 Å². The van der Waals surface area contributed by atoms with Gasteiger partial charge in [0, 0.05) is 11.1 Å². The van der Waals surface area contributed by atoms with Crippen LogP contribution in [-0.4, -0.2) is 9.97 Å².